The molecule has 2 aromatic heterocycles. The maximum absolute atomic E-state index is 13.1. The van der Waals surface area contributed by atoms with Crippen LogP contribution in [0, 0.1) is 6.92 Å². The van der Waals surface area contributed by atoms with Crippen LogP contribution in [0.5, 0.6) is 0 Å². The lowest BCUT2D eigenvalue weighted by atomic mass is 10.1. The number of nitrogens with one attached hydrogen (secondary N) is 1. The van der Waals surface area contributed by atoms with Crippen molar-refractivity contribution in [2.24, 2.45) is 0 Å². The average molecular weight is 395 g/mol. The van der Waals surface area contributed by atoms with Gasteiger partial charge in [-0.2, -0.15) is 18.6 Å². The van der Waals surface area contributed by atoms with E-state index >= 15 is 0 Å². The molecule has 0 saturated heterocycles. The molecule has 1 N–H and O–H groups in total. The minimum Gasteiger partial charge on any atom is -0.322 e. The number of para-hydroxylation sites is 1. The van der Waals surface area contributed by atoms with E-state index in [2.05, 4.69) is 15.4 Å². The number of aryl methyl sites for hydroxylation is 1. The average Bonchev–Trinajstić information content (AvgIpc) is 3.12. The molecule has 3 heterocycles. The van der Waals surface area contributed by atoms with Gasteiger partial charge in [-0.15, -0.1) is 0 Å². The Balaban J connectivity index is 0.00000225. The van der Waals surface area contributed by atoms with E-state index in [1.807, 2.05) is 44.2 Å². The molecule has 7 nitrogen and oxygen atoms in total. The fourth-order valence-corrected chi connectivity index (χ4v) is 3.28. The molecule has 1 aromatic carbocycles. The van der Waals surface area contributed by atoms with Crippen LogP contribution in [0.2, 0.25) is 0 Å². The number of amides is 2. The molecule has 0 saturated carbocycles. The van der Waals surface area contributed by atoms with Crippen LogP contribution in [0.25, 0.3) is 0 Å². The molecule has 2 amide bonds. The molecule has 3 aromatic rings. The van der Waals surface area contributed by atoms with Gasteiger partial charge in [0.15, 0.2) is 0 Å². The number of benzene rings is 1. The number of aromatic nitrogens is 3. The summed E-state index contributed by atoms with van der Waals surface area (Å²) in [6, 6.07) is 12.9. The van der Waals surface area contributed by atoms with Crippen LogP contribution < -0.4 is 10.2 Å². The zero-order chi connectivity index (χ0) is 19.0. The zero-order valence-electron chi connectivity index (χ0n) is 15.6. The molecule has 1 aliphatic heterocycles. The second-order valence-corrected chi connectivity index (χ2v) is 6.59. The summed E-state index contributed by atoms with van der Waals surface area (Å²) in [6.07, 6.45) is 3.09. The molecule has 0 spiro atoms. The van der Waals surface area contributed by atoms with Crippen molar-refractivity contribution < 1.29 is 9.59 Å². The topological polar surface area (TPSA) is 80.1 Å². The number of nitrogens with zero attached hydrogens (tertiary/aromatic N) is 4. The lowest BCUT2D eigenvalue weighted by Gasteiger charge is -2.32. The maximum atomic E-state index is 13.1. The highest BCUT2D eigenvalue weighted by Gasteiger charge is 2.35. The number of rotatable bonds is 3. The molecule has 0 radical (unpaired) electrons. The molecule has 0 unspecified atom stereocenters. The summed E-state index contributed by atoms with van der Waals surface area (Å²) >= 11 is 0. The van der Waals surface area contributed by atoms with Crippen LogP contribution in [-0.4, -0.2) is 33.1 Å². The van der Waals surface area contributed by atoms with Crippen molar-refractivity contribution in [2.75, 3.05) is 16.8 Å². The Bertz CT molecular complexity index is 1020. The summed E-state index contributed by atoms with van der Waals surface area (Å²) in [7, 11) is 0. The Hall–Kier alpha value is -3.13. The van der Waals surface area contributed by atoms with Crippen LogP contribution >= 0.6 is 13.5 Å². The summed E-state index contributed by atoms with van der Waals surface area (Å²) in [4.78, 5) is 31.7. The predicted octanol–water partition coefficient (Wildman–Crippen LogP) is 3.17. The zero-order valence-corrected chi connectivity index (χ0v) is 16.6. The second-order valence-electron chi connectivity index (χ2n) is 6.59. The third kappa shape index (κ3) is 3.50. The van der Waals surface area contributed by atoms with Gasteiger partial charge in [-0.3, -0.25) is 19.3 Å². The summed E-state index contributed by atoms with van der Waals surface area (Å²) < 4.78 is 1.63. The van der Waals surface area contributed by atoms with Crippen LogP contribution in [0.3, 0.4) is 0 Å². The predicted molar refractivity (Wildman–Crippen MR) is 112 cm³/mol. The molecule has 0 aliphatic carbocycles. The molecule has 0 fully saturated rings. The first-order chi connectivity index (χ1) is 13.0. The highest BCUT2D eigenvalue weighted by atomic mass is 32.1. The molecular weight excluding hydrogens is 374 g/mol. The van der Waals surface area contributed by atoms with E-state index in [-0.39, 0.29) is 36.9 Å². The smallest absolute Gasteiger partial charge is 0.277 e. The van der Waals surface area contributed by atoms with Gasteiger partial charge in [0.25, 0.3) is 11.8 Å². The van der Waals surface area contributed by atoms with Crippen LogP contribution in [0.1, 0.15) is 39.5 Å². The first kappa shape index (κ1) is 19.6. The third-order valence-electron chi connectivity index (χ3n) is 4.57. The highest BCUT2D eigenvalue weighted by Crippen LogP contribution is 2.28. The Kier molecular flexibility index (Phi) is 5.51. The first-order valence-electron chi connectivity index (χ1n) is 8.73. The number of anilines is 2. The molecule has 1 atom stereocenters. The molecule has 28 heavy (non-hydrogen) atoms. The molecule has 4 rings (SSSR count). The van der Waals surface area contributed by atoms with Gasteiger partial charge in [0.05, 0.1) is 17.8 Å². The van der Waals surface area contributed by atoms with Gasteiger partial charge >= 0.3 is 0 Å². The molecule has 1 aliphatic rings. The third-order valence-corrected chi connectivity index (χ3v) is 4.57. The normalized spacial score (nSPS) is 15.6. The summed E-state index contributed by atoms with van der Waals surface area (Å²) in [5, 5.41) is 7.11. The molecule has 144 valence electrons. The van der Waals surface area contributed by atoms with Gasteiger partial charge in [-0.1, -0.05) is 18.2 Å². The van der Waals surface area contributed by atoms with E-state index in [1.54, 1.807) is 27.9 Å². The highest BCUT2D eigenvalue weighted by molar-refractivity contribution is 7.59. The SMILES string of the molecule is Cc1cc(NC(=O)c2cnn3c2C(=O)N(c2ccccc2)C[C@@H]3C)ccn1.S. The van der Waals surface area contributed by atoms with Gasteiger partial charge in [-0.25, -0.2) is 0 Å². The standard InChI is InChI=1S/C20H19N5O2.H2S/c1-13-10-15(8-9-21-13)23-19(26)17-11-22-25-14(2)12-24(20(27)18(17)25)16-6-4-3-5-7-16;/h3-11,14H,12H2,1-2H3,(H,21,23,26);1H2/t14-;/m0./s1. The quantitative estimate of drug-likeness (QED) is 0.739. The Morgan fingerprint density at radius 3 is 2.68 bits per heavy atom. The molecule has 8 heteroatoms. The van der Waals surface area contributed by atoms with E-state index in [1.165, 1.54) is 6.20 Å². The van der Waals surface area contributed by atoms with Crippen molar-refractivity contribution in [1.29, 1.82) is 0 Å². The monoisotopic (exact) mass is 395 g/mol. The number of hydrogen-bond acceptors (Lipinski definition) is 4. The Labute approximate surface area is 169 Å². The van der Waals surface area contributed by atoms with E-state index in [0.29, 0.717) is 17.9 Å². The number of carbonyl (C=O) groups is 2. The largest absolute Gasteiger partial charge is 0.322 e. The minimum absolute atomic E-state index is 0. The van der Waals surface area contributed by atoms with Gasteiger partial charge in [0, 0.05) is 29.8 Å². The van der Waals surface area contributed by atoms with Crippen LogP contribution in [-0.2, 0) is 0 Å². The lowest BCUT2D eigenvalue weighted by Crippen LogP contribution is -2.43. The van der Waals surface area contributed by atoms with Gasteiger partial charge < -0.3 is 10.2 Å². The maximum Gasteiger partial charge on any atom is 0.277 e. The summed E-state index contributed by atoms with van der Waals surface area (Å²) in [6.45, 7) is 4.33. The van der Waals surface area contributed by atoms with Crippen molar-refractivity contribution in [3.05, 3.63) is 71.8 Å². The number of hydrogen-bond donors (Lipinski definition) is 1. The minimum atomic E-state index is -0.364. The van der Waals surface area contributed by atoms with E-state index < -0.39 is 0 Å². The Morgan fingerprint density at radius 2 is 1.96 bits per heavy atom. The van der Waals surface area contributed by atoms with Crippen molar-refractivity contribution >= 4 is 36.7 Å². The van der Waals surface area contributed by atoms with Crippen molar-refractivity contribution in [3.63, 3.8) is 0 Å². The van der Waals surface area contributed by atoms with Crippen molar-refractivity contribution in [1.82, 2.24) is 14.8 Å². The summed E-state index contributed by atoms with van der Waals surface area (Å²) in [5.41, 5.74) is 2.80. The number of pyridine rings is 1. The Morgan fingerprint density at radius 1 is 1.21 bits per heavy atom. The van der Waals surface area contributed by atoms with Crippen molar-refractivity contribution in [3.8, 4) is 0 Å². The van der Waals surface area contributed by atoms with Crippen molar-refractivity contribution in [2.45, 2.75) is 19.9 Å². The first-order valence-corrected chi connectivity index (χ1v) is 8.73. The lowest BCUT2D eigenvalue weighted by molar-refractivity contribution is 0.0939. The molecular formula is C20H21N5O2S. The van der Waals surface area contributed by atoms with Crippen LogP contribution in [0.4, 0.5) is 11.4 Å². The number of carbonyl (C=O) groups excluding carboxylic acids is 2. The van der Waals surface area contributed by atoms with E-state index in [4.69, 9.17) is 0 Å². The fourth-order valence-electron chi connectivity index (χ4n) is 3.28. The summed E-state index contributed by atoms with van der Waals surface area (Å²) in [5.74, 6) is -0.592. The van der Waals surface area contributed by atoms with Gasteiger partial charge in [-0.05, 0) is 38.1 Å². The van der Waals surface area contributed by atoms with E-state index in [9.17, 15) is 9.59 Å². The van der Waals surface area contributed by atoms with Gasteiger partial charge in [0.1, 0.15) is 5.69 Å². The van der Waals surface area contributed by atoms with Gasteiger partial charge in [0.2, 0.25) is 0 Å². The molecule has 0 bridgehead atoms. The second kappa shape index (κ2) is 7.85. The fraction of sp³-hybridized carbons (Fsp3) is 0.200. The van der Waals surface area contributed by atoms with Crippen LogP contribution in [0.15, 0.2) is 54.9 Å². The number of fused-ring (bicyclic) bond motifs is 1. The van der Waals surface area contributed by atoms with E-state index in [0.717, 1.165) is 11.4 Å².